The van der Waals surface area contributed by atoms with Crippen LogP contribution in [0.4, 0.5) is 5.69 Å². The van der Waals surface area contributed by atoms with Crippen LogP contribution < -0.4 is 19.7 Å². The van der Waals surface area contributed by atoms with Crippen LogP contribution in [0.1, 0.15) is 37.7 Å². The molecule has 7 heteroatoms. The van der Waals surface area contributed by atoms with Crippen molar-refractivity contribution in [3.05, 3.63) is 54.1 Å². The highest BCUT2D eigenvalue weighted by Crippen LogP contribution is 2.36. The molecule has 186 valence electrons. The summed E-state index contributed by atoms with van der Waals surface area (Å²) in [5, 5.41) is 2.81. The molecule has 7 nitrogen and oxygen atoms in total. The van der Waals surface area contributed by atoms with E-state index in [4.69, 9.17) is 9.47 Å². The Balaban J connectivity index is 1.36. The molecule has 2 amide bonds. The Hall–Kier alpha value is -3.22. The average Bonchev–Trinajstić information content (AvgIpc) is 3.56. The first-order chi connectivity index (χ1) is 17.1. The molecule has 3 fully saturated rings. The molecule has 2 aliphatic heterocycles. The van der Waals surface area contributed by atoms with E-state index in [1.165, 1.54) is 18.4 Å². The lowest BCUT2D eigenvalue weighted by molar-refractivity contribution is -0.138. The van der Waals surface area contributed by atoms with Crippen molar-refractivity contribution in [2.75, 3.05) is 38.2 Å². The first kappa shape index (κ1) is 23.5. The quantitative estimate of drug-likeness (QED) is 0.662. The van der Waals surface area contributed by atoms with Gasteiger partial charge in [-0.05, 0) is 49.8 Å². The molecular weight excluding hydrogens is 442 g/mol. The summed E-state index contributed by atoms with van der Waals surface area (Å²) < 4.78 is 11.9. The molecule has 2 aromatic carbocycles. The fourth-order valence-electron chi connectivity index (χ4n) is 5.60. The summed E-state index contributed by atoms with van der Waals surface area (Å²) in [4.78, 5) is 29.5. The van der Waals surface area contributed by atoms with Gasteiger partial charge in [0.1, 0.15) is 0 Å². The first-order valence-corrected chi connectivity index (χ1v) is 12.8. The number of ether oxygens (including phenoxy) is 2. The topological polar surface area (TPSA) is 71.1 Å². The number of amides is 2. The summed E-state index contributed by atoms with van der Waals surface area (Å²) in [6.07, 6.45) is 5.92. The second kappa shape index (κ2) is 10.6. The van der Waals surface area contributed by atoms with Crippen LogP contribution in [0.25, 0.3) is 0 Å². The molecule has 1 aliphatic carbocycles. The van der Waals surface area contributed by atoms with E-state index >= 15 is 0 Å². The average molecular weight is 478 g/mol. The third-order valence-electron chi connectivity index (χ3n) is 7.51. The molecule has 0 radical (unpaired) electrons. The van der Waals surface area contributed by atoms with Crippen LogP contribution in [0.2, 0.25) is 0 Å². The fourth-order valence-corrected chi connectivity index (χ4v) is 5.60. The molecule has 1 saturated carbocycles. The molecule has 0 aromatic heterocycles. The molecule has 0 bridgehead atoms. The second-order valence-corrected chi connectivity index (χ2v) is 9.89. The van der Waals surface area contributed by atoms with E-state index in [0.717, 1.165) is 49.5 Å². The maximum atomic E-state index is 13.4. The molecule has 35 heavy (non-hydrogen) atoms. The third kappa shape index (κ3) is 5.39. The van der Waals surface area contributed by atoms with Gasteiger partial charge in [-0.25, -0.2) is 0 Å². The number of carbonyl (C=O) groups is 2. The Morgan fingerprint density at radius 2 is 1.86 bits per heavy atom. The van der Waals surface area contributed by atoms with Gasteiger partial charge in [-0.3, -0.25) is 9.59 Å². The molecule has 2 heterocycles. The minimum absolute atomic E-state index is 0.0238. The lowest BCUT2D eigenvalue weighted by atomic mass is 9.98. The van der Waals surface area contributed by atoms with Crippen molar-refractivity contribution in [2.45, 2.75) is 50.7 Å². The minimum Gasteiger partial charge on any atom is -0.493 e. The zero-order chi connectivity index (χ0) is 24.2. The number of benzene rings is 2. The highest BCUT2D eigenvalue weighted by molar-refractivity contribution is 5.89. The van der Waals surface area contributed by atoms with Crippen molar-refractivity contribution < 1.29 is 19.1 Å². The second-order valence-electron chi connectivity index (χ2n) is 9.89. The van der Waals surface area contributed by atoms with Gasteiger partial charge in [0, 0.05) is 44.4 Å². The molecule has 5 rings (SSSR count). The predicted molar refractivity (Wildman–Crippen MR) is 135 cm³/mol. The zero-order valence-electron chi connectivity index (χ0n) is 20.4. The monoisotopic (exact) mass is 477 g/mol. The number of hydrogen-bond acceptors (Lipinski definition) is 5. The summed E-state index contributed by atoms with van der Waals surface area (Å²) in [5.41, 5.74) is 2.29. The maximum absolute atomic E-state index is 13.4. The Labute approximate surface area is 207 Å². The van der Waals surface area contributed by atoms with Gasteiger partial charge in [0.15, 0.2) is 11.5 Å². The van der Waals surface area contributed by atoms with Crippen LogP contribution in [-0.2, 0) is 16.0 Å². The summed E-state index contributed by atoms with van der Waals surface area (Å²) in [6, 6.07) is 16.5. The fraction of sp³-hybridized carbons (Fsp3) is 0.500. The number of hydrogen-bond donors (Lipinski definition) is 1. The Morgan fingerprint density at radius 1 is 1.06 bits per heavy atom. The SMILES string of the molecule is COc1ccc(N2CCN(C(=O)C3CNC(=O)C3)[C@@H](Cc3ccccc3)C2)cc1OC1CCCC1. The van der Waals surface area contributed by atoms with Crippen molar-refractivity contribution in [3.63, 3.8) is 0 Å². The van der Waals surface area contributed by atoms with Crippen molar-refractivity contribution in [2.24, 2.45) is 5.92 Å². The molecule has 2 atom stereocenters. The maximum Gasteiger partial charge on any atom is 0.228 e. The molecule has 2 saturated heterocycles. The van der Waals surface area contributed by atoms with Crippen molar-refractivity contribution >= 4 is 17.5 Å². The lowest BCUT2D eigenvalue weighted by Gasteiger charge is -2.43. The van der Waals surface area contributed by atoms with Crippen LogP contribution >= 0.6 is 0 Å². The van der Waals surface area contributed by atoms with Crippen LogP contribution in [0, 0.1) is 5.92 Å². The number of methoxy groups -OCH3 is 1. The highest BCUT2D eigenvalue weighted by atomic mass is 16.5. The number of nitrogens with zero attached hydrogens (tertiary/aromatic N) is 2. The van der Waals surface area contributed by atoms with E-state index in [9.17, 15) is 9.59 Å². The summed E-state index contributed by atoms with van der Waals surface area (Å²) in [7, 11) is 1.68. The van der Waals surface area contributed by atoms with Gasteiger partial charge in [0.05, 0.1) is 25.2 Å². The highest BCUT2D eigenvalue weighted by Gasteiger charge is 2.37. The van der Waals surface area contributed by atoms with E-state index in [1.807, 2.05) is 29.2 Å². The standard InChI is InChI=1S/C28H35N3O4/c1-34-25-12-11-22(17-26(25)35-24-9-5-6-10-24)30-13-14-31(28(33)21-16-27(32)29-18-21)23(19-30)15-20-7-3-2-4-8-20/h2-4,7-8,11-12,17,21,23-24H,5-6,9-10,13-16,18-19H2,1H3,(H,29,32)/t21?,23-/m0/s1. The number of nitrogens with one attached hydrogen (secondary N) is 1. The van der Waals surface area contributed by atoms with E-state index in [1.54, 1.807) is 7.11 Å². The Bertz CT molecular complexity index is 1040. The zero-order valence-corrected chi connectivity index (χ0v) is 20.4. The third-order valence-corrected chi connectivity index (χ3v) is 7.51. The van der Waals surface area contributed by atoms with Gasteiger partial charge < -0.3 is 24.6 Å². The van der Waals surface area contributed by atoms with E-state index in [0.29, 0.717) is 13.1 Å². The first-order valence-electron chi connectivity index (χ1n) is 12.8. The van der Waals surface area contributed by atoms with Gasteiger partial charge in [0.25, 0.3) is 0 Å². The number of rotatable bonds is 7. The van der Waals surface area contributed by atoms with E-state index < -0.39 is 0 Å². The molecule has 1 N–H and O–H groups in total. The minimum atomic E-state index is -0.264. The number of piperazine rings is 1. The smallest absolute Gasteiger partial charge is 0.228 e. The van der Waals surface area contributed by atoms with Gasteiger partial charge in [-0.15, -0.1) is 0 Å². The predicted octanol–water partition coefficient (Wildman–Crippen LogP) is 3.41. The number of carbonyl (C=O) groups excluding carboxylic acids is 2. The van der Waals surface area contributed by atoms with E-state index in [2.05, 4.69) is 34.5 Å². The van der Waals surface area contributed by atoms with Gasteiger partial charge in [-0.1, -0.05) is 30.3 Å². The van der Waals surface area contributed by atoms with Crippen LogP contribution in [-0.4, -0.2) is 62.1 Å². The van der Waals surface area contributed by atoms with Gasteiger partial charge >= 0.3 is 0 Å². The van der Waals surface area contributed by atoms with Crippen LogP contribution in [0.15, 0.2) is 48.5 Å². The molecule has 2 aromatic rings. The summed E-state index contributed by atoms with van der Waals surface area (Å²) in [5.74, 6) is 1.34. The molecule has 3 aliphatic rings. The molecular formula is C28H35N3O4. The Morgan fingerprint density at radius 3 is 2.57 bits per heavy atom. The summed E-state index contributed by atoms with van der Waals surface area (Å²) in [6.45, 7) is 2.53. The van der Waals surface area contributed by atoms with Crippen molar-refractivity contribution in [3.8, 4) is 11.5 Å². The van der Waals surface area contributed by atoms with Crippen LogP contribution in [0.3, 0.4) is 0 Å². The normalized spacial score (nSPS) is 22.8. The van der Waals surface area contributed by atoms with Crippen LogP contribution in [0.5, 0.6) is 11.5 Å². The lowest BCUT2D eigenvalue weighted by Crippen LogP contribution is -2.57. The Kier molecular flexibility index (Phi) is 7.11. The van der Waals surface area contributed by atoms with Crippen molar-refractivity contribution in [1.82, 2.24) is 10.2 Å². The summed E-state index contributed by atoms with van der Waals surface area (Å²) >= 11 is 0. The van der Waals surface area contributed by atoms with Gasteiger partial charge in [0.2, 0.25) is 11.8 Å². The number of anilines is 1. The molecule has 0 spiro atoms. The van der Waals surface area contributed by atoms with E-state index in [-0.39, 0.29) is 36.3 Å². The largest absolute Gasteiger partial charge is 0.493 e. The van der Waals surface area contributed by atoms with Gasteiger partial charge in [-0.2, -0.15) is 0 Å². The molecule has 1 unspecified atom stereocenters. The van der Waals surface area contributed by atoms with Crippen molar-refractivity contribution in [1.29, 1.82) is 0 Å².